The minimum Gasteiger partial charge on any atom is -0.491 e. The van der Waals surface area contributed by atoms with E-state index in [1.54, 1.807) is 38.1 Å². The number of halogens is 1. The zero-order chi connectivity index (χ0) is 12.3. The molecule has 0 spiro atoms. The van der Waals surface area contributed by atoms with E-state index >= 15 is 0 Å². The lowest BCUT2D eigenvalue weighted by Gasteiger charge is -2.24. The highest BCUT2D eigenvalue weighted by Gasteiger charge is 2.26. The molecule has 1 atom stereocenters. The van der Waals surface area contributed by atoms with E-state index in [4.69, 9.17) is 10.5 Å². The fraction of sp³-hybridized carbons (Fsp3) is 0.538. The molecular weight excluding hydrogens is 205 g/mol. The number of hydrogen-bond acceptors (Lipinski definition) is 2. The molecule has 1 aromatic carbocycles. The van der Waals surface area contributed by atoms with Gasteiger partial charge < -0.3 is 10.5 Å². The second-order valence-electron chi connectivity index (χ2n) is 4.92. The third-order valence-corrected chi connectivity index (χ3v) is 2.20. The van der Waals surface area contributed by atoms with Gasteiger partial charge in [0, 0.05) is 5.54 Å². The summed E-state index contributed by atoms with van der Waals surface area (Å²) in [5.41, 5.74) is 5.45. The smallest absolute Gasteiger partial charge is 0.142 e. The van der Waals surface area contributed by atoms with Crippen molar-refractivity contribution in [3.05, 3.63) is 29.8 Å². The molecule has 0 aliphatic carbocycles. The monoisotopic (exact) mass is 225 g/mol. The van der Waals surface area contributed by atoms with Gasteiger partial charge in [0.15, 0.2) is 0 Å². The summed E-state index contributed by atoms with van der Waals surface area (Å²) in [6.07, 6.45) is -1.04. The van der Waals surface area contributed by atoms with Gasteiger partial charge in [-0.25, -0.2) is 4.39 Å². The highest BCUT2D eigenvalue weighted by Crippen LogP contribution is 2.28. The lowest BCUT2D eigenvalue weighted by Crippen LogP contribution is -2.37. The van der Waals surface area contributed by atoms with Crippen LogP contribution in [-0.4, -0.2) is 11.6 Å². The highest BCUT2D eigenvalue weighted by atomic mass is 19.1. The summed E-state index contributed by atoms with van der Waals surface area (Å²) in [6, 6.07) is 6.98. The van der Waals surface area contributed by atoms with Crippen LogP contribution < -0.4 is 10.5 Å². The maximum Gasteiger partial charge on any atom is 0.142 e. The van der Waals surface area contributed by atoms with Gasteiger partial charge in [-0.1, -0.05) is 12.1 Å². The minimum atomic E-state index is -1.17. The van der Waals surface area contributed by atoms with Crippen LogP contribution in [0.2, 0.25) is 0 Å². The Balaban J connectivity index is 2.79. The Bertz CT molecular complexity index is 327. The second-order valence-corrected chi connectivity index (χ2v) is 4.92. The molecule has 2 N–H and O–H groups in total. The summed E-state index contributed by atoms with van der Waals surface area (Å²) in [4.78, 5) is 0. The third kappa shape index (κ3) is 3.49. The molecule has 0 bridgehead atoms. The van der Waals surface area contributed by atoms with Crippen molar-refractivity contribution in [3.63, 3.8) is 0 Å². The molecule has 90 valence electrons. The molecule has 0 saturated carbocycles. The molecule has 2 nitrogen and oxygen atoms in total. The minimum absolute atomic E-state index is 0.123. The SMILES string of the molecule is CC(C)Oc1ccc(C(F)C(C)(C)N)cc1. The van der Waals surface area contributed by atoms with Crippen LogP contribution in [0.1, 0.15) is 39.4 Å². The molecule has 0 aliphatic heterocycles. The Morgan fingerprint density at radius 2 is 1.69 bits per heavy atom. The average Bonchev–Trinajstić information content (AvgIpc) is 2.15. The van der Waals surface area contributed by atoms with Crippen molar-refractivity contribution in [1.82, 2.24) is 0 Å². The summed E-state index contributed by atoms with van der Waals surface area (Å²) in [5, 5.41) is 0. The van der Waals surface area contributed by atoms with E-state index in [0.29, 0.717) is 5.56 Å². The first-order chi connectivity index (χ1) is 7.30. The first-order valence-corrected chi connectivity index (χ1v) is 5.50. The van der Waals surface area contributed by atoms with E-state index in [1.165, 1.54) is 0 Å². The topological polar surface area (TPSA) is 35.2 Å². The van der Waals surface area contributed by atoms with Gasteiger partial charge in [-0.2, -0.15) is 0 Å². The lowest BCUT2D eigenvalue weighted by atomic mass is 9.94. The van der Waals surface area contributed by atoms with Crippen LogP contribution in [-0.2, 0) is 0 Å². The quantitative estimate of drug-likeness (QED) is 0.853. The Labute approximate surface area is 96.6 Å². The summed E-state index contributed by atoms with van der Waals surface area (Å²) in [7, 11) is 0. The molecule has 0 fully saturated rings. The number of nitrogens with two attached hydrogens (primary N) is 1. The van der Waals surface area contributed by atoms with Crippen molar-refractivity contribution >= 4 is 0 Å². The molecule has 0 radical (unpaired) electrons. The van der Waals surface area contributed by atoms with Crippen LogP contribution in [0, 0.1) is 0 Å². The maximum absolute atomic E-state index is 13.9. The molecule has 1 rings (SSSR count). The summed E-state index contributed by atoms with van der Waals surface area (Å²) < 4.78 is 19.4. The molecule has 3 heteroatoms. The van der Waals surface area contributed by atoms with Crippen molar-refractivity contribution in [2.45, 2.75) is 45.5 Å². The molecule has 0 aliphatic rings. The van der Waals surface area contributed by atoms with Crippen molar-refractivity contribution < 1.29 is 9.13 Å². The Kier molecular flexibility index (Phi) is 3.92. The van der Waals surface area contributed by atoms with Gasteiger partial charge in [-0.05, 0) is 45.4 Å². The number of ether oxygens (including phenoxy) is 1. The largest absolute Gasteiger partial charge is 0.491 e. The highest BCUT2D eigenvalue weighted by molar-refractivity contribution is 5.30. The van der Waals surface area contributed by atoms with Crippen molar-refractivity contribution in [3.8, 4) is 5.75 Å². The maximum atomic E-state index is 13.9. The Hall–Kier alpha value is -1.09. The van der Waals surface area contributed by atoms with Crippen molar-refractivity contribution in [2.75, 3.05) is 0 Å². The summed E-state index contributed by atoms with van der Waals surface area (Å²) in [5.74, 6) is 0.751. The predicted octanol–water partition coefficient (Wildman–Crippen LogP) is 3.22. The van der Waals surface area contributed by atoms with Crippen LogP contribution in [0.15, 0.2) is 24.3 Å². The predicted molar refractivity (Wildman–Crippen MR) is 64.3 cm³/mol. The fourth-order valence-corrected chi connectivity index (χ4v) is 1.42. The number of alkyl halides is 1. The first kappa shape index (κ1) is 13.0. The van der Waals surface area contributed by atoms with E-state index in [2.05, 4.69) is 0 Å². The number of benzene rings is 1. The average molecular weight is 225 g/mol. The van der Waals surface area contributed by atoms with E-state index in [0.717, 1.165) is 5.75 Å². The summed E-state index contributed by atoms with van der Waals surface area (Å²) >= 11 is 0. The van der Waals surface area contributed by atoms with Crippen LogP contribution >= 0.6 is 0 Å². The standard InChI is InChI=1S/C13H20FNO/c1-9(2)16-11-7-5-10(6-8-11)12(14)13(3,4)15/h5-9,12H,15H2,1-4H3. The zero-order valence-electron chi connectivity index (χ0n) is 10.3. The van der Waals surface area contributed by atoms with Crippen molar-refractivity contribution in [2.24, 2.45) is 5.73 Å². The van der Waals surface area contributed by atoms with Crippen molar-refractivity contribution in [1.29, 1.82) is 0 Å². The van der Waals surface area contributed by atoms with E-state index in [1.807, 2.05) is 13.8 Å². The van der Waals surface area contributed by atoms with Gasteiger partial charge in [-0.3, -0.25) is 0 Å². The molecular formula is C13H20FNO. The Morgan fingerprint density at radius 3 is 2.06 bits per heavy atom. The third-order valence-electron chi connectivity index (χ3n) is 2.20. The van der Waals surface area contributed by atoms with Gasteiger partial charge >= 0.3 is 0 Å². The van der Waals surface area contributed by atoms with Crippen LogP contribution in [0.4, 0.5) is 4.39 Å². The van der Waals surface area contributed by atoms with Gasteiger partial charge in [0.1, 0.15) is 11.9 Å². The Morgan fingerprint density at radius 1 is 1.19 bits per heavy atom. The van der Waals surface area contributed by atoms with Crippen LogP contribution in [0.5, 0.6) is 5.75 Å². The van der Waals surface area contributed by atoms with Gasteiger partial charge in [0.05, 0.1) is 6.10 Å². The van der Waals surface area contributed by atoms with E-state index in [-0.39, 0.29) is 6.10 Å². The van der Waals surface area contributed by atoms with Gasteiger partial charge in [-0.15, -0.1) is 0 Å². The van der Waals surface area contributed by atoms with Crippen LogP contribution in [0.25, 0.3) is 0 Å². The zero-order valence-corrected chi connectivity index (χ0v) is 10.3. The van der Waals surface area contributed by atoms with E-state index < -0.39 is 11.7 Å². The van der Waals surface area contributed by atoms with Gasteiger partial charge in [0.2, 0.25) is 0 Å². The van der Waals surface area contributed by atoms with E-state index in [9.17, 15) is 4.39 Å². The van der Waals surface area contributed by atoms with Crippen LogP contribution in [0.3, 0.4) is 0 Å². The lowest BCUT2D eigenvalue weighted by molar-refractivity contribution is 0.222. The molecule has 0 saturated heterocycles. The molecule has 0 heterocycles. The number of hydrogen-bond donors (Lipinski definition) is 1. The molecule has 1 aromatic rings. The molecule has 1 unspecified atom stereocenters. The number of rotatable bonds is 4. The molecule has 16 heavy (non-hydrogen) atoms. The molecule has 0 aromatic heterocycles. The van der Waals surface area contributed by atoms with Gasteiger partial charge in [0.25, 0.3) is 0 Å². The first-order valence-electron chi connectivity index (χ1n) is 5.50. The normalized spacial score (nSPS) is 13.9. The second kappa shape index (κ2) is 4.83. The summed E-state index contributed by atoms with van der Waals surface area (Å²) in [6.45, 7) is 7.26. The fourth-order valence-electron chi connectivity index (χ4n) is 1.42. The molecule has 0 amide bonds.